The van der Waals surface area contributed by atoms with E-state index in [-0.39, 0.29) is 51.8 Å². The molecule has 34 heteroatoms. The van der Waals surface area contributed by atoms with Crippen LogP contribution in [0.4, 0.5) is 4.79 Å². The number of amides is 13. The molecular weight excluding hydrogens is 1240 g/mol. The van der Waals surface area contributed by atoms with Gasteiger partial charge in [0.25, 0.3) is 0 Å². The van der Waals surface area contributed by atoms with E-state index in [4.69, 9.17) is 16.2 Å². The highest BCUT2D eigenvalue weighted by molar-refractivity contribution is 6.01. The average molecular weight is 1320 g/mol. The van der Waals surface area contributed by atoms with Crippen molar-refractivity contribution < 1.29 is 96.8 Å². The molecule has 3 saturated heterocycles. The number of ether oxygens (including phenoxy) is 1. The maximum absolute atomic E-state index is 15.0. The molecule has 11 unspecified atom stereocenters. The largest absolute Gasteiger partial charge is 0.481 e. The number of rotatable bonds is 15. The molecule has 2 aromatic rings. The van der Waals surface area contributed by atoms with Gasteiger partial charge in [-0.15, -0.1) is 0 Å². The highest BCUT2D eigenvalue weighted by Crippen LogP contribution is 2.44. The molecule has 94 heavy (non-hydrogen) atoms. The van der Waals surface area contributed by atoms with Crippen molar-refractivity contribution in [1.82, 2.24) is 63.0 Å². The molecule has 13 amide bonds. The van der Waals surface area contributed by atoms with Gasteiger partial charge in [0.05, 0.1) is 56.4 Å². The van der Waals surface area contributed by atoms with E-state index < -0.39 is 211 Å². The molecule has 6 rings (SSSR count). The van der Waals surface area contributed by atoms with Crippen LogP contribution in [0.5, 0.6) is 0 Å². The Morgan fingerprint density at radius 2 is 1.11 bits per heavy atom. The van der Waals surface area contributed by atoms with Crippen molar-refractivity contribution in [3.8, 4) is 11.1 Å². The first-order valence-electron chi connectivity index (χ1n) is 30.5. The summed E-state index contributed by atoms with van der Waals surface area (Å²) in [5, 5.41) is 52.7. The number of carboxylic acids is 3. The maximum atomic E-state index is 15.0. The SMILES string of the molecule is CC(C)C1NC(=O)C(C(C)NC(=O)OCC2c3ccccc3-c3ccccc32)NC(=O)CNC(=O)C(CC(=O)O)NC(=O)CNC(=O)C(CC(=O)O)NC(=O)C(C(C)C(=O)O)NC(=O)C2CCCCN2C(=O)C(NC(=O)C(N)CC(N)=O)[C@@H](C)NC(=O)C2CCCN2C1=O. The number of hydrogen-bond acceptors (Lipinski definition) is 18. The van der Waals surface area contributed by atoms with E-state index in [9.17, 15) is 92.0 Å². The Bertz CT molecular complexity index is 3250. The molecule has 1 aliphatic carbocycles. The number of benzene rings is 2. The highest BCUT2D eigenvalue weighted by Gasteiger charge is 2.45. The third-order valence-electron chi connectivity index (χ3n) is 16.5. The van der Waals surface area contributed by atoms with Crippen LogP contribution >= 0.6 is 0 Å². The molecule has 3 heterocycles. The summed E-state index contributed by atoms with van der Waals surface area (Å²) in [5.74, 6) is -21.8. The van der Waals surface area contributed by atoms with E-state index in [2.05, 4.69) is 47.9 Å². The molecular formula is C60H80N14O20. The summed E-state index contributed by atoms with van der Waals surface area (Å²) in [6.07, 6.45) is -3.53. The zero-order chi connectivity index (χ0) is 69.4. The number of piperidine rings is 1. The van der Waals surface area contributed by atoms with Crippen LogP contribution in [0.2, 0.25) is 0 Å². The first kappa shape index (κ1) is 72.8. The van der Waals surface area contributed by atoms with Gasteiger partial charge < -0.3 is 94.5 Å². The summed E-state index contributed by atoms with van der Waals surface area (Å²) in [7, 11) is 0. The van der Waals surface area contributed by atoms with Crippen LogP contribution < -0.4 is 64.6 Å². The van der Waals surface area contributed by atoms with Crippen molar-refractivity contribution in [3.63, 3.8) is 0 Å². The van der Waals surface area contributed by atoms with Gasteiger partial charge in [-0.3, -0.25) is 71.9 Å². The van der Waals surface area contributed by atoms with Crippen LogP contribution in [0.25, 0.3) is 11.1 Å². The predicted octanol–water partition coefficient (Wildman–Crippen LogP) is -4.53. The molecule has 0 aromatic heterocycles. The van der Waals surface area contributed by atoms with E-state index in [0.29, 0.717) is 0 Å². The van der Waals surface area contributed by atoms with Crippen LogP contribution in [0.3, 0.4) is 0 Å². The minimum atomic E-state index is -2.13. The molecule has 3 fully saturated rings. The number of carbonyl (C=O) groups excluding carboxylic acids is 13. The van der Waals surface area contributed by atoms with E-state index >= 15 is 0 Å². The monoisotopic (exact) mass is 1320 g/mol. The van der Waals surface area contributed by atoms with Crippen LogP contribution in [-0.2, 0) is 76.7 Å². The molecule has 2 aromatic carbocycles. The van der Waals surface area contributed by atoms with E-state index in [1.807, 2.05) is 53.8 Å². The molecule has 0 radical (unpaired) electrons. The smallest absolute Gasteiger partial charge is 0.407 e. The number of carbonyl (C=O) groups is 16. The fourth-order valence-electron chi connectivity index (χ4n) is 11.5. The van der Waals surface area contributed by atoms with Gasteiger partial charge in [0.15, 0.2) is 0 Å². The minimum absolute atomic E-state index is 0.0135. The molecule has 17 N–H and O–H groups in total. The zero-order valence-electron chi connectivity index (χ0n) is 52.2. The molecule has 0 bridgehead atoms. The second-order valence-electron chi connectivity index (χ2n) is 23.8. The lowest BCUT2D eigenvalue weighted by Gasteiger charge is -2.39. The Morgan fingerprint density at radius 3 is 1.66 bits per heavy atom. The molecule has 12 atom stereocenters. The Hall–Kier alpha value is -10.3. The number of hydrogen-bond donors (Lipinski definition) is 15. The second-order valence-corrected chi connectivity index (χ2v) is 23.8. The summed E-state index contributed by atoms with van der Waals surface area (Å²) in [6, 6.07) is -3.72. The number of nitrogens with zero attached hydrogens (tertiary/aromatic N) is 2. The van der Waals surface area contributed by atoms with Gasteiger partial charge >= 0.3 is 24.0 Å². The number of carboxylic acid groups (broad SMARTS) is 3. The first-order valence-corrected chi connectivity index (χ1v) is 30.5. The normalized spacial score (nSPS) is 25.2. The summed E-state index contributed by atoms with van der Waals surface area (Å²) in [6.45, 7) is 4.06. The van der Waals surface area contributed by atoms with E-state index in [0.717, 1.165) is 39.0 Å². The van der Waals surface area contributed by atoms with E-state index in [1.54, 1.807) is 13.8 Å². The molecule has 4 aliphatic rings. The summed E-state index contributed by atoms with van der Waals surface area (Å²) in [4.78, 5) is 220. The quantitative estimate of drug-likeness (QED) is 0.0799. The molecule has 3 aliphatic heterocycles. The predicted molar refractivity (Wildman–Crippen MR) is 325 cm³/mol. The van der Waals surface area contributed by atoms with Crippen molar-refractivity contribution in [2.75, 3.05) is 32.8 Å². The van der Waals surface area contributed by atoms with Gasteiger partial charge in [-0.25, -0.2) is 4.79 Å². The molecule has 0 spiro atoms. The fraction of sp³-hybridized carbons (Fsp3) is 0.533. The summed E-state index contributed by atoms with van der Waals surface area (Å²) < 4.78 is 5.72. The molecule has 510 valence electrons. The van der Waals surface area contributed by atoms with Gasteiger partial charge in [0, 0.05) is 19.0 Å². The summed E-state index contributed by atoms with van der Waals surface area (Å²) >= 11 is 0. The molecule has 34 nitrogen and oxygen atoms in total. The van der Waals surface area contributed by atoms with Crippen LogP contribution in [0.15, 0.2) is 48.5 Å². The third kappa shape index (κ3) is 18.9. The van der Waals surface area contributed by atoms with Crippen LogP contribution in [0, 0.1) is 11.8 Å². The first-order chi connectivity index (χ1) is 44.4. The summed E-state index contributed by atoms with van der Waals surface area (Å²) in [5.41, 5.74) is 14.9. The molecule has 0 saturated carbocycles. The Labute approximate surface area is 538 Å². The standard InChI is InChI=1S/C60H80N14O20/c1-27(2)46-57(89)74-20-12-18-40(74)53(85)65-30(5)49(72-50(82)36(61)21-41(62)75)58(90)73-19-11-10-17-39(73)54(86)71-47(28(3)59(91)92)55(87)68-38(23-45(80)81)52(84)63-24-42(76)67-37(22-44(78)79)51(83)64-25-43(77)69-48(56(88)70-46)29(4)66-60(93)94-26-35-33-15-8-6-13-31(33)32-14-7-9-16-34(32)35/h6-9,13-16,27-30,35-40,46-49H,10-12,17-26,61H2,1-5H3,(H2,62,75)(H,63,84)(H,64,83)(H,65,85)(H,66,93)(H,67,76)(H,68,87)(H,69,77)(H,70,88)(H,71,86)(H,72,82)(H,78,79)(H,80,81)(H,91,92)/t28?,29?,30-,36?,37?,38?,39?,40?,46?,47?,48?,49?/m1/s1. The minimum Gasteiger partial charge on any atom is -0.481 e. The number of nitrogens with two attached hydrogens (primary N) is 2. The Morgan fingerprint density at radius 1 is 0.606 bits per heavy atom. The van der Waals surface area contributed by atoms with Gasteiger partial charge in [-0.2, -0.15) is 0 Å². The lowest BCUT2D eigenvalue weighted by atomic mass is 9.96. The number of nitrogens with one attached hydrogen (secondary N) is 10. The lowest BCUT2D eigenvalue weighted by molar-refractivity contribution is -0.149. The van der Waals surface area contributed by atoms with Crippen molar-refractivity contribution in [2.45, 2.75) is 158 Å². The lowest BCUT2D eigenvalue weighted by Crippen LogP contribution is -2.66. The van der Waals surface area contributed by atoms with Gasteiger partial charge in [0.2, 0.25) is 70.9 Å². The van der Waals surface area contributed by atoms with Gasteiger partial charge in [-0.1, -0.05) is 62.4 Å². The third-order valence-corrected chi connectivity index (χ3v) is 16.5. The number of fused-ring (bicyclic) bond motifs is 5. The fourth-order valence-corrected chi connectivity index (χ4v) is 11.5. The highest BCUT2D eigenvalue weighted by atomic mass is 16.5. The van der Waals surface area contributed by atoms with Crippen LogP contribution in [0.1, 0.15) is 103 Å². The van der Waals surface area contributed by atoms with Crippen LogP contribution in [-0.4, -0.2) is 219 Å². The Kier molecular flexibility index (Phi) is 25.4. The maximum Gasteiger partial charge on any atom is 0.407 e. The van der Waals surface area contributed by atoms with Crippen molar-refractivity contribution >= 4 is 94.9 Å². The topological polar surface area (TPSA) is 522 Å². The average Bonchev–Trinajstić information content (AvgIpc) is 1.61. The van der Waals surface area contributed by atoms with Gasteiger partial charge in [-0.05, 0) is 81.0 Å². The van der Waals surface area contributed by atoms with Gasteiger partial charge in [0.1, 0.15) is 54.9 Å². The van der Waals surface area contributed by atoms with Crippen molar-refractivity contribution in [2.24, 2.45) is 23.3 Å². The number of primary amides is 1. The number of aliphatic carboxylic acids is 3. The Balaban J connectivity index is 1.35. The number of alkyl carbamates (subject to hydrolysis) is 1. The van der Waals surface area contributed by atoms with Crippen molar-refractivity contribution in [3.05, 3.63) is 59.7 Å². The van der Waals surface area contributed by atoms with Crippen molar-refractivity contribution in [1.29, 1.82) is 0 Å². The van der Waals surface area contributed by atoms with E-state index in [1.165, 1.54) is 13.8 Å². The second kappa shape index (κ2) is 32.8. The zero-order valence-corrected chi connectivity index (χ0v) is 52.2.